The van der Waals surface area contributed by atoms with Gasteiger partial charge in [0.2, 0.25) is 0 Å². The van der Waals surface area contributed by atoms with Gasteiger partial charge >= 0.3 is 15.0 Å². The molecular weight excluding hydrogens is 306 g/mol. The van der Waals surface area contributed by atoms with Crippen LogP contribution in [0.2, 0.25) is 6.04 Å². The molecule has 0 aliphatic heterocycles. The molecule has 120 valence electrons. The molecule has 0 bridgehead atoms. The molecule has 0 aromatic rings. The van der Waals surface area contributed by atoms with Crippen molar-refractivity contribution in [2.75, 3.05) is 27.9 Å². The minimum atomic E-state index is -5.11. The van der Waals surface area contributed by atoms with Crippen LogP contribution >= 0.6 is 0 Å². The van der Waals surface area contributed by atoms with E-state index in [2.05, 4.69) is 4.94 Å². The number of hydrogen-bond donors (Lipinski definition) is 1. The molecule has 0 fully saturated rings. The lowest BCUT2D eigenvalue weighted by Crippen LogP contribution is -2.46. The zero-order chi connectivity index (χ0) is 15.8. The number of carbonyl (C=O) groups excluding carboxylic acids is 1. The first-order chi connectivity index (χ1) is 9.26. The summed E-state index contributed by atoms with van der Waals surface area (Å²) in [4.78, 5) is 13.7. The number of halogens is 4. The lowest BCUT2D eigenvalue weighted by Gasteiger charge is -2.24. The fraction of sp³-hybridized carbons (Fsp3) is 0.889. The summed E-state index contributed by atoms with van der Waals surface area (Å²) in [6, 6.07) is 0.282. The van der Waals surface area contributed by atoms with Crippen LogP contribution in [0.1, 0.15) is 6.42 Å². The Morgan fingerprint density at radius 3 is 2.05 bits per heavy atom. The van der Waals surface area contributed by atoms with Crippen molar-refractivity contribution in [1.29, 1.82) is 0 Å². The molecule has 0 aliphatic rings. The van der Waals surface area contributed by atoms with Crippen molar-refractivity contribution < 1.29 is 40.7 Å². The number of hydrogen-bond acceptors (Lipinski definition) is 5. The van der Waals surface area contributed by atoms with Gasteiger partial charge in [-0.25, -0.2) is 0 Å². The molecule has 0 radical (unpaired) electrons. The van der Waals surface area contributed by atoms with Gasteiger partial charge in [0.25, 0.3) is 12.0 Å². The van der Waals surface area contributed by atoms with E-state index in [-0.39, 0.29) is 19.0 Å². The van der Waals surface area contributed by atoms with Gasteiger partial charge in [0, 0.05) is 33.9 Å². The summed E-state index contributed by atoms with van der Waals surface area (Å²) in [5, 5.41) is 1.92. The molecule has 0 aliphatic carbocycles. The standard InChI is InChI=1S/C9H17F4NO5Si/c1-16-20(17-2,18-3)6-4-5-14-8(15)7(19-13)9(10,11)12/h7H,4-6H2,1-3H3,(H,14,15). The van der Waals surface area contributed by atoms with Crippen LogP contribution in [0.3, 0.4) is 0 Å². The molecule has 0 aromatic carbocycles. The topological polar surface area (TPSA) is 66.0 Å². The summed E-state index contributed by atoms with van der Waals surface area (Å²) in [6.45, 7) is -0.125. The number of nitrogens with one attached hydrogen (secondary N) is 1. The molecule has 1 atom stereocenters. The molecule has 0 saturated carbocycles. The Bertz CT molecular complexity index is 292. The van der Waals surface area contributed by atoms with Crippen molar-refractivity contribution in [3.05, 3.63) is 0 Å². The lowest BCUT2D eigenvalue weighted by molar-refractivity contribution is -0.284. The van der Waals surface area contributed by atoms with Gasteiger partial charge in [-0.3, -0.25) is 4.79 Å². The van der Waals surface area contributed by atoms with E-state index in [1.165, 1.54) is 21.3 Å². The van der Waals surface area contributed by atoms with Crippen LogP contribution in [0.4, 0.5) is 17.7 Å². The molecule has 1 unspecified atom stereocenters. The molecular formula is C9H17F4NO5Si. The maximum atomic E-state index is 12.2. The lowest BCUT2D eigenvalue weighted by atomic mass is 10.3. The van der Waals surface area contributed by atoms with Crippen molar-refractivity contribution in [3.63, 3.8) is 0 Å². The van der Waals surface area contributed by atoms with Crippen LogP contribution < -0.4 is 5.32 Å². The molecule has 0 heterocycles. The summed E-state index contributed by atoms with van der Waals surface area (Å²) in [5.41, 5.74) is 0. The fourth-order valence-corrected chi connectivity index (χ4v) is 3.13. The number of amides is 1. The Morgan fingerprint density at radius 2 is 1.70 bits per heavy atom. The number of carbonyl (C=O) groups is 1. The van der Waals surface area contributed by atoms with E-state index in [4.69, 9.17) is 13.3 Å². The Hall–Kier alpha value is -0.753. The van der Waals surface area contributed by atoms with Crippen molar-refractivity contribution in [2.45, 2.75) is 24.7 Å². The average Bonchev–Trinajstić information content (AvgIpc) is 2.39. The molecule has 0 spiro atoms. The third-order valence-corrected chi connectivity index (χ3v) is 5.35. The van der Waals surface area contributed by atoms with Gasteiger partial charge in [-0.15, -0.1) is 0 Å². The highest BCUT2D eigenvalue weighted by molar-refractivity contribution is 6.60. The second-order valence-electron chi connectivity index (χ2n) is 3.70. The van der Waals surface area contributed by atoms with Crippen molar-refractivity contribution in [1.82, 2.24) is 5.32 Å². The molecule has 11 heteroatoms. The first kappa shape index (κ1) is 19.2. The summed E-state index contributed by atoms with van der Waals surface area (Å²) in [6.07, 6.45) is -8.00. The maximum absolute atomic E-state index is 12.2. The summed E-state index contributed by atoms with van der Waals surface area (Å²) in [7, 11) is 1.31. The highest BCUT2D eigenvalue weighted by Gasteiger charge is 2.47. The van der Waals surface area contributed by atoms with Crippen LogP contribution in [0.15, 0.2) is 0 Å². The molecule has 1 N–H and O–H groups in total. The third-order valence-electron chi connectivity index (χ3n) is 2.52. The van der Waals surface area contributed by atoms with Gasteiger partial charge in [-0.1, -0.05) is 0 Å². The molecule has 6 nitrogen and oxygen atoms in total. The van der Waals surface area contributed by atoms with E-state index < -0.39 is 27.0 Å². The maximum Gasteiger partial charge on any atom is 0.500 e. The smallest absolute Gasteiger partial charge is 0.377 e. The van der Waals surface area contributed by atoms with Crippen LogP contribution in [-0.4, -0.2) is 54.9 Å². The van der Waals surface area contributed by atoms with Crippen LogP contribution in [-0.2, 0) is 23.0 Å². The second-order valence-corrected chi connectivity index (χ2v) is 6.79. The first-order valence-corrected chi connectivity index (χ1v) is 7.46. The largest absolute Gasteiger partial charge is 0.500 e. The van der Waals surface area contributed by atoms with Crippen LogP contribution in [0.5, 0.6) is 0 Å². The zero-order valence-electron chi connectivity index (χ0n) is 11.3. The Labute approximate surface area is 114 Å². The molecule has 0 aromatic heterocycles. The first-order valence-electron chi connectivity index (χ1n) is 5.53. The second kappa shape index (κ2) is 8.52. The summed E-state index contributed by atoms with van der Waals surface area (Å²) < 4.78 is 63.4. The van der Waals surface area contributed by atoms with E-state index in [0.717, 1.165) is 0 Å². The quantitative estimate of drug-likeness (QED) is 0.392. The van der Waals surface area contributed by atoms with E-state index in [9.17, 15) is 22.5 Å². The van der Waals surface area contributed by atoms with E-state index in [1.54, 1.807) is 0 Å². The van der Waals surface area contributed by atoms with E-state index in [0.29, 0.717) is 0 Å². The van der Waals surface area contributed by atoms with Gasteiger partial charge in [-0.05, 0) is 10.9 Å². The minimum Gasteiger partial charge on any atom is -0.377 e. The number of alkyl halides is 3. The monoisotopic (exact) mass is 323 g/mol. The van der Waals surface area contributed by atoms with Gasteiger partial charge in [-0.2, -0.15) is 18.1 Å². The Morgan fingerprint density at radius 1 is 1.20 bits per heavy atom. The van der Waals surface area contributed by atoms with Crippen LogP contribution in [0, 0.1) is 0 Å². The van der Waals surface area contributed by atoms with E-state index in [1.807, 2.05) is 5.32 Å². The normalized spacial score (nSPS) is 14.2. The Balaban J connectivity index is 4.21. The molecule has 20 heavy (non-hydrogen) atoms. The van der Waals surface area contributed by atoms with E-state index >= 15 is 0 Å². The SMILES string of the molecule is CO[Si](CCCNC(=O)C(OF)C(F)(F)F)(OC)OC. The van der Waals surface area contributed by atoms with Gasteiger partial charge < -0.3 is 18.6 Å². The highest BCUT2D eigenvalue weighted by atomic mass is 28.4. The predicted octanol–water partition coefficient (Wildman–Crippen LogP) is 1.20. The fourth-order valence-electron chi connectivity index (χ4n) is 1.40. The van der Waals surface area contributed by atoms with Crippen molar-refractivity contribution >= 4 is 14.7 Å². The van der Waals surface area contributed by atoms with Gasteiger partial charge in [0.05, 0.1) is 0 Å². The molecule has 0 rings (SSSR count). The van der Waals surface area contributed by atoms with Gasteiger partial charge in [0.1, 0.15) is 0 Å². The average molecular weight is 323 g/mol. The number of rotatable bonds is 9. The third kappa shape index (κ3) is 5.71. The van der Waals surface area contributed by atoms with Crippen LogP contribution in [0.25, 0.3) is 0 Å². The highest BCUT2D eigenvalue weighted by Crippen LogP contribution is 2.23. The van der Waals surface area contributed by atoms with Crippen molar-refractivity contribution in [3.8, 4) is 0 Å². The summed E-state index contributed by atoms with van der Waals surface area (Å²) in [5.74, 6) is -1.60. The molecule has 1 amide bonds. The Kier molecular flexibility index (Phi) is 8.19. The zero-order valence-corrected chi connectivity index (χ0v) is 12.3. The van der Waals surface area contributed by atoms with Crippen molar-refractivity contribution in [2.24, 2.45) is 0 Å². The van der Waals surface area contributed by atoms with Gasteiger partial charge in [0.15, 0.2) is 0 Å². The predicted molar refractivity (Wildman–Crippen MR) is 61.3 cm³/mol. The minimum absolute atomic E-state index is 0.125. The summed E-state index contributed by atoms with van der Waals surface area (Å²) >= 11 is 0. The molecule has 0 saturated heterocycles.